The molecule has 1 aromatic rings. The van der Waals surface area contributed by atoms with E-state index < -0.39 is 15.8 Å². The van der Waals surface area contributed by atoms with Crippen LogP contribution in [-0.4, -0.2) is 36.3 Å². The highest BCUT2D eigenvalue weighted by molar-refractivity contribution is 8.00. The Kier molecular flexibility index (Phi) is 3.81. The van der Waals surface area contributed by atoms with Gasteiger partial charge in [-0.1, -0.05) is 0 Å². The molecule has 1 aromatic carbocycles. The van der Waals surface area contributed by atoms with Gasteiger partial charge in [0.2, 0.25) is 10.0 Å². The number of hydrogen-bond donors (Lipinski definition) is 1. The van der Waals surface area contributed by atoms with Crippen molar-refractivity contribution >= 4 is 27.5 Å². The molecule has 7 heteroatoms. The molecular formula is C12H17FN2O2S2. The van der Waals surface area contributed by atoms with Gasteiger partial charge in [0.05, 0.1) is 0 Å². The van der Waals surface area contributed by atoms with Gasteiger partial charge in [-0.05, 0) is 32.0 Å². The first-order valence-electron chi connectivity index (χ1n) is 5.91. The van der Waals surface area contributed by atoms with Gasteiger partial charge in [0.15, 0.2) is 0 Å². The zero-order valence-corrected chi connectivity index (χ0v) is 12.5. The smallest absolute Gasteiger partial charge is 0.246 e. The molecule has 0 bridgehead atoms. The summed E-state index contributed by atoms with van der Waals surface area (Å²) in [5.74, 6) is -0.0545. The van der Waals surface area contributed by atoms with Gasteiger partial charge in [0.1, 0.15) is 10.7 Å². The van der Waals surface area contributed by atoms with Crippen molar-refractivity contribution in [1.82, 2.24) is 4.31 Å². The lowest BCUT2D eigenvalue weighted by Crippen LogP contribution is -2.46. The molecule has 2 N–H and O–H groups in total. The van der Waals surface area contributed by atoms with Crippen LogP contribution in [0.1, 0.15) is 13.8 Å². The van der Waals surface area contributed by atoms with E-state index in [-0.39, 0.29) is 15.3 Å². The number of nitrogens with two attached hydrogens (primary N) is 1. The van der Waals surface area contributed by atoms with E-state index in [1.807, 2.05) is 13.8 Å². The van der Waals surface area contributed by atoms with Crippen LogP contribution in [0.4, 0.5) is 10.1 Å². The fourth-order valence-corrected chi connectivity index (χ4v) is 5.05. The van der Waals surface area contributed by atoms with E-state index in [1.54, 1.807) is 11.8 Å². The molecule has 0 aliphatic carbocycles. The molecule has 1 heterocycles. The summed E-state index contributed by atoms with van der Waals surface area (Å²) in [5.41, 5.74) is 5.79. The number of hydrogen-bond acceptors (Lipinski definition) is 4. The van der Waals surface area contributed by atoms with Crippen LogP contribution in [-0.2, 0) is 10.0 Å². The standard InChI is InChI=1S/C12H17FN2O2S2/c1-12(2)8-15(5-6-18-12)19(16,17)11-7-9(14)3-4-10(11)13/h3-4,7H,5-6,8,14H2,1-2H3. The third-order valence-corrected chi connectivity index (χ3v) is 6.12. The van der Waals surface area contributed by atoms with Crippen molar-refractivity contribution in [2.24, 2.45) is 0 Å². The quantitative estimate of drug-likeness (QED) is 0.848. The first kappa shape index (κ1) is 14.6. The van der Waals surface area contributed by atoms with E-state index in [1.165, 1.54) is 16.4 Å². The summed E-state index contributed by atoms with van der Waals surface area (Å²) in [7, 11) is -3.82. The molecule has 1 aliphatic heterocycles. The number of nitrogens with zero attached hydrogens (tertiary/aromatic N) is 1. The molecule has 106 valence electrons. The van der Waals surface area contributed by atoms with Crippen LogP contribution in [0.15, 0.2) is 23.1 Å². The molecule has 0 atom stereocenters. The minimum atomic E-state index is -3.82. The van der Waals surface area contributed by atoms with Gasteiger partial charge in [-0.15, -0.1) is 0 Å². The van der Waals surface area contributed by atoms with Crippen LogP contribution in [0.25, 0.3) is 0 Å². The zero-order valence-electron chi connectivity index (χ0n) is 10.9. The first-order valence-corrected chi connectivity index (χ1v) is 8.34. The Morgan fingerprint density at radius 3 is 2.74 bits per heavy atom. The summed E-state index contributed by atoms with van der Waals surface area (Å²) in [4.78, 5) is -0.338. The van der Waals surface area contributed by atoms with Crippen LogP contribution in [0.5, 0.6) is 0 Å². The molecule has 1 fully saturated rings. The van der Waals surface area contributed by atoms with E-state index in [0.29, 0.717) is 18.8 Å². The average molecular weight is 304 g/mol. The lowest BCUT2D eigenvalue weighted by molar-refractivity contribution is 0.385. The SMILES string of the molecule is CC1(C)CN(S(=O)(=O)c2cc(N)ccc2F)CCS1. The minimum absolute atomic E-state index is 0.165. The second-order valence-corrected chi connectivity index (χ2v) is 8.85. The predicted octanol–water partition coefficient (Wildman–Crippen LogP) is 1.92. The fourth-order valence-electron chi connectivity index (χ4n) is 2.04. The lowest BCUT2D eigenvalue weighted by Gasteiger charge is -2.36. The van der Waals surface area contributed by atoms with Crippen LogP contribution in [0.3, 0.4) is 0 Å². The van der Waals surface area contributed by atoms with Crippen molar-refractivity contribution in [2.45, 2.75) is 23.5 Å². The molecule has 1 saturated heterocycles. The Balaban J connectivity index is 2.39. The molecule has 1 aliphatic rings. The molecule has 0 amide bonds. The second-order valence-electron chi connectivity index (χ2n) is 5.14. The number of benzene rings is 1. The van der Waals surface area contributed by atoms with Crippen LogP contribution in [0.2, 0.25) is 0 Å². The van der Waals surface area contributed by atoms with E-state index in [4.69, 9.17) is 5.73 Å². The lowest BCUT2D eigenvalue weighted by atomic mass is 10.2. The molecule has 0 aromatic heterocycles. The van der Waals surface area contributed by atoms with Gasteiger partial charge in [-0.3, -0.25) is 0 Å². The summed E-state index contributed by atoms with van der Waals surface area (Å²) in [6.07, 6.45) is 0. The van der Waals surface area contributed by atoms with Gasteiger partial charge in [0.25, 0.3) is 0 Å². The number of rotatable bonds is 2. The van der Waals surface area contributed by atoms with Gasteiger partial charge < -0.3 is 5.73 Å². The van der Waals surface area contributed by atoms with Gasteiger partial charge >= 0.3 is 0 Å². The van der Waals surface area contributed by atoms with Crippen molar-refractivity contribution in [1.29, 1.82) is 0 Å². The summed E-state index contributed by atoms with van der Waals surface area (Å²) >= 11 is 1.72. The highest BCUT2D eigenvalue weighted by atomic mass is 32.2. The normalized spacial score (nSPS) is 20.4. The molecule has 0 saturated carbocycles. The third kappa shape index (κ3) is 3.04. The van der Waals surface area contributed by atoms with E-state index >= 15 is 0 Å². The summed E-state index contributed by atoms with van der Waals surface area (Å²) in [5, 5.41) is 0. The summed E-state index contributed by atoms with van der Waals surface area (Å²) in [6, 6.07) is 3.62. The van der Waals surface area contributed by atoms with Crippen molar-refractivity contribution in [2.75, 3.05) is 24.6 Å². The molecule has 0 unspecified atom stereocenters. The maximum atomic E-state index is 13.7. The van der Waals surface area contributed by atoms with Crippen molar-refractivity contribution in [3.63, 3.8) is 0 Å². The summed E-state index contributed by atoms with van der Waals surface area (Å²) < 4.78 is 39.9. The molecule has 2 rings (SSSR count). The largest absolute Gasteiger partial charge is 0.399 e. The summed E-state index contributed by atoms with van der Waals surface area (Å²) in [6.45, 7) is 4.73. The average Bonchev–Trinajstić information content (AvgIpc) is 2.31. The number of nitrogen functional groups attached to an aromatic ring is 1. The molecule has 0 spiro atoms. The first-order chi connectivity index (χ1) is 8.72. The predicted molar refractivity (Wildman–Crippen MR) is 76.1 cm³/mol. The van der Waals surface area contributed by atoms with Crippen LogP contribution >= 0.6 is 11.8 Å². The van der Waals surface area contributed by atoms with Crippen molar-refractivity contribution in [3.05, 3.63) is 24.0 Å². The monoisotopic (exact) mass is 304 g/mol. The number of halogens is 1. The number of anilines is 1. The highest BCUT2D eigenvalue weighted by Crippen LogP contribution is 2.33. The molecular weight excluding hydrogens is 287 g/mol. The van der Waals surface area contributed by atoms with Gasteiger partial charge in [-0.25, -0.2) is 12.8 Å². The highest BCUT2D eigenvalue weighted by Gasteiger charge is 2.35. The fraction of sp³-hybridized carbons (Fsp3) is 0.500. The number of sulfonamides is 1. The Hall–Kier alpha value is -0.790. The van der Waals surface area contributed by atoms with Gasteiger partial charge in [-0.2, -0.15) is 16.1 Å². The maximum absolute atomic E-state index is 13.7. The zero-order chi connectivity index (χ0) is 14.3. The van der Waals surface area contributed by atoms with Crippen LogP contribution in [0, 0.1) is 5.82 Å². The van der Waals surface area contributed by atoms with Gasteiger partial charge in [0, 0.05) is 29.3 Å². The minimum Gasteiger partial charge on any atom is -0.399 e. The third-order valence-electron chi connectivity index (χ3n) is 2.96. The van der Waals surface area contributed by atoms with E-state index in [9.17, 15) is 12.8 Å². The Morgan fingerprint density at radius 1 is 1.42 bits per heavy atom. The van der Waals surface area contributed by atoms with E-state index in [2.05, 4.69) is 0 Å². The molecule has 19 heavy (non-hydrogen) atoms. The van der Waals surface area contributed by atoms with Crippen molar-refractivity contribution < 1.29 is 12.8 Å². The Bertz CT molecular complexity index is 587. The Labute approximate surface area is 117 Å². The number of thioether (sulfide) groups is 1. The second kappa shape index (κ2) is 4.96. The molecule has 0 radical (unpaired) electrons. The maximum Gasteiger partial charge on any atom is 0.246 e. The van der Waals surface area contributed by atoms with Crippen LogP contribution < -0.4 is 5.73 Å². The van der Waals surface area contributed by atoms with E-state index in [0.717, 1.165) is 6.07 Å². The van der Waals surface area contributed by atoms with Crippen molar-refractivity contribution in [3.8, 4) is 0 Å². The topological polar surface area (TPSA) is 63.4 Å². The Morgan fingerprint density at radius 2 is 2.11 bits per heavy atom. The molecule has 4 nitrogen and oxygen atoms in total.